The average molecular weight is 340 g/mol. The molecular weight excluding hydrogens is 326 g/mol. The number of carboxylic acid groups (broad SMARTS) is 1. The highest BCUT2D eigenvalue weighted by Gasteiger charge is 2.18. The van der Waals surface area contributed by atoms with Crippen LogP contribution in [0.5, 0.6) is 5.75 Å². The van der Waals surface area contributed by atoms with Crippen molar-refractivity contribution in [3.63, 3.8) is 0 Å². The van der Waals surface area contributed by atoms with Crippen LogP contribution in [0, 0.1) is 13.8 Å². The molecule has 0 fully saturated rings. The van der Waals surface area contributed by atoms with Crippen LogP contribution in [0.3, 0.4) is 0 Å². The summed E-state index contributed by atoms with van der Waals surface area (Å²) in [5.74, 6) is -1.32. The van der Waals surface area contributed by atoms with E-state index in [0.717, 1.165) is 10.4 Å². The van der Waals surface area contributed by atoms with Gasteiger partial charge in [0.2, 0.25) is 0 Å². The number of hydrogen-bond acceptors (Lipinski definition) is 4. The largest absolute Gasteiger partial charge is 0.496 e. The predicted octanol–water partition coefficient (Wildman–Crippen LogP) is 3.98. The Bertz CT molecular complexity index is 754. The van der Waals surface area contributed by atoms with Gasteiger partial charge in [0.25, 0.3) is 5.91 Å². The SMILES string of the molecule is COc1cc(NC(=O)c2csc(C)c2C)c(Cl)cc1C(=O)O. The monoisotopic (exact) mass is 339 g/mol. The summed E-state index contributed by atoms with van der Waals surface area (Å²) in [5, 5.41) is 13.7. The summed E-state index contributed by atoms with van der Waals surface area (Å²) in [6.45, 7) is 3.81. The second-order valence-electron chi connectivity index (χ2n) is 4.62. The first-order chi connectivity index (χ1) is 10.3. The van der Waals surface area contributed by atoms with Gasteiger partial charge in [0.15, 0.2) is 0 Å². The zero-order chi connectivity index (χ0) is 16.4. The summed E-state index contributed by atoms with van der Waals surface area (Å²) in [7, 11) is 1.35. The lowest BCUT2D eigenvalue weighted by Crippen LogP contribution is -2.13. The number of benzene rings is 1. The van der Waals surface area contributed by atoms with Crippen LogP contribution in [0.1, 0.15) is 31.2 Å². The molecule has 0 aliphatic rings. The molecule has 0 saturated carbocycles. The van der Waals surface area contributed by atoms with E-state index >= 15 is 0 Å². The molecule has 0 aliphatic carbocycles. The molecule has 0 spiro atoms. The Hall–Kier alpha value is -2.05. The van der Waals surface area contributed by atoms with Gasteiger partial charge in [-0.1, -0.05) is 11.6 Å². The summed E-state index contributed by atoms with van der Waals surface area (Å²) >= 11 is 7.54. The molecule has 1 aromatic heterocycles. The number of carboxylic acids is 1. The zero-order valence-corrected chi connectivity index (χ0v) is 13.8. The third-order valence-corrected chi connectivity index (χ3v) is 4.62. The Morgan fingerprint density at radius 2 is 1.95 bits per heavy atom. The molecule has 0 unspecified atom stereocenters. The van der Waals surface area contributed by atoms with E-state index in [2.05, 4.69) is 5.32 Å². The number of anilines is 1. The first-order valence-electron chi connectivity index (χ1n) is 6.32. The number of rotatable bonds is 4. The van der Waals surface area contributed by atoms with Gasteiger partial charge in [-0.05, 0) is 25.5 Å². The molecule has 0 atom stereocenters. The van der Waals surface area contributed by atoms with Crippen LogP contribution < -0.4 is 10.1 Å². The van der Waals surface area contributed by atoms with Crippen molar-refractivity contribution in [3.05, 3.63) is 44.1 Å². The Labute approximate surface area is 136 Å². The first-order valence-corrected chi connectivity index (χ1v) is 7.57. The third kappa shape index (κ3) is 3.08. The zero-order valence-electron chi connectivity index (χ0n) is 12.2. The lowest BCUT2D eigenvalue weighted by Gasteiger charge is -2.11. The van der Waals surface area contributed by atoms with E-state index in [1.807, 2.05) is 13.8 Å². The molecule has 116 valence electrons. The highest BCUT2D eigenvalue weighted by molar-refractivity contribution is 7.10. The van der Waals surface area contributed by atoms with Crippen LogP contribution in [-0.2, 0) is 0 Å². The van der Waals surface area contributed by atoms with Crippen molar-refractivity contribution in [2.45, 2.75) is 13.8 Å². The van der Waals surface area contributed by atoms with Gasteiger partial charge >= 0.3 is 5.97 Å². The summed E-state index contributed by atoms with van der Waals surface area (Å²) < 4.78 is 5.03. The van der Waals surface area contributed by atoms with Gasteiger partial charge in [-0.3, -0.25) is 4.79 Å². The average Bonchev–Trinajstić information content (AvgIpc) is 2.80. The second kappa shape index (κ2) is 6.37. The summed E-state index contributed by atoms with van der Waals surface area (Å²) in [4.78, 5) is 24.5. The van der Waals surface area contributed by atoms with Crippen molar-refractivity contribution < 1.29 is 19.4 Å². The molecular formula is C15H14ClNO4S. The van der Waals surface area contributed by atoms with Gasteiger partial charge < -0.3 is 15.2 Å². The number of methoxy groups -OCH3 is 1. The molecule has 7 heteroatoms. The fourth-order valence-corrected chi connectivity index (χ4v) is 2.99. The molecule has 5 nitrogen and oxygen atoms in total. The second-order valence-corrected chi connectivity index (χ2v) is 6.11. The minimum atomic E-state index is -1.15. The molecule has 22 heavy (non-hydrogen) atoms. The minimum Gasteiger partial charge on any atom is -0.496 e. The molecule has 2 aromatic rings. The number of carbonyl (C=O) groups is 2. The number of ether oxygens (including phenoxy) is 1. The molecule has 2 rings (SSSR count). The van der Waals surface area contributed by atoms with Gasteiger partial charge in [0.1, 0.15) is 11.3 Å². The van der Waals surface area contributed by atoms with Crippen LogP contribution in [0.2, 0.25) is 5.02 Å². The molecule has 1 heterocycles. The van der Waals surface area contributed by atoms with Crippen LogP contribution in [0.4, 0.5) is 5.69 Å². The lowest BCUT2D eigenvalue weighted by molar-refractivity contribution is 0.0693. The number of nitrogens with one attached hydrogen (secondary N) is 1. The number of thiophene rings is 1. The molecule has 0 saturated heterocycles. The molecule has 0 aliphatic heterocycles. The summed E-state index contributed by atoms with van der Waals surface area (Å²) in [6.07, 6.45) is 0. The van der Waals surface area contributed by atoms with Crippen molar-refractivity contribution in [1.82, 2.24) is 0 Å². The summed E-state index contributed by atoms with van der Waals surface area (Å²) in [6, 6.07) is 2.66. The number of amides is 1. The first kappa shape index (κ1) is 16.3. The van der Waals surface area contributed by atoms with E-state index in [9.17, 15) is 9.59 Å². The van der Waals surface area contributed by atoms with E-state index in [4.69, 9.17) is 21.4 Å². The molecule has 1 amide bonds. The van der Waals surface area contributed by atoms with Gasteiger partial charge in [-0.25, -0.2) is 4.79 Å². The molecule has 0 radical (unpaired) electrons. The maximum absolute atomic E-state index is 12.3. The van der Waals surface area contributed by atoms with Gasteiger partial charge in [-0.15, -0.1) is 11.3 Å². The van der Waals surface area contributed by atoms with E-state index in [-0.39, 0.29) is 22.2 Å². The van der Waals surface area contributed by atoms with E-state index < -0.39 is 5.97 Å². The quantitative estimate of drug-likeness (QED) is 0.883. The number of aryl methyl sites for hydroxylation is 1. The molecule has 2 N–H and O–H groups in total. The van der Waals surface area contributed by atoms with Crippen molar-refractivity contribution in [2.24, 2.45) is 0 Å². The standard InChI is InChI=1S/C15H14ClNO4S/c1-7-8(2)22-6-10(7)14(18)17-12-5-13(21-3)9(15(19)20)4-11(12)16/h4-6H,1-3H3,(H,17,18)(H,19,20). The number of carbonyl (C=O) groups excluding carboxylic acids is 1. The van der Waals surface area contributed by atoms with Crippen LogP contribution in [-0.4, -0.2) is 24.1 Å². The maximum Gasteiger partial charge on any atom is 0.339 e. The normalized spacial score (nSPS) is 10.4. The lowest BCUT2D eigenvalue weighted by atomic mass is 10.1. The topological polar surface area (TPSA) is 75.6 Å². The van der Waals surface area contributed by atoms with Crippen molar-refractivity contribution in [3.8, 4) is 5.75 Å². The van der Waals surface area contributed by atoms with E-state index in [1.54, 1.807) is 5.38 Å². The Morgan fingerprint density at radius 1 is 1.27 bits per heavy atom. The van der Waals surface area contributed by atoms with Gasteiger partial charge in [0.05, 0.1) is 23.4 Å². The minimum absolute atomic E-state index is 0.0620. The highest BCUT2D eigenvalue weighted by atomic mass is 35.5. The number of halogens is 1. The van der Waals surface area contributed by atoms with Gasteiger partial charge in [-0.2, -0.15) is 0 Å². The van der Waals surface area contributed by atoms with Crippen molar-refractivity contribution in [1.29, 1.82) is 0 Å². The Kier molecular flexibility index (Phi) is 4.73. The summed E-state index contributed by atoms with van der Waals surface area (Å²) in [5.41, 5.74) is 1.72. The maximum atomic E-state index is 12.3. The van der Waals surface area contributed by atoms with Gasteiger partial charge in [0, 0.05) is 16.3 Å². The fourth-order valence-electron chi connectivity index (χ4n) is 1.91. The van der Waals surface area contributed by atoms with Crippen LogP contribution in [0.15, 0.2) is 17.5 Å². The number of hydrogen-bond donors (Lipinski definition) is 2. The van der Waals surface area contributed by atoms with Crippen LogP contribution >= 0.6 is 22.9 Å². The van der Waals surface area contributed by atoms with E-state index in [0.29, 0.717) is 11.3 Å². The van der Waals surface area contributed by atoms with E-state index in [1.165, 1.54) is 30.6 Å². The predicted molar refractivity (Wildman–Crippen MR) is 86.7 cm³/mol. The van der Waals surface area contributed by atoms with Crippen molar-refractivity contribution >= 4 is 40.5 Å². The van der Waals surface area contributed by atoms with Crippen LogP contribution in [0.25, 0.3) is 0 Å². The highest BCUT2D eigenvalue weighted by Crippen LogP contribution is 2.32. The van der Waals surface area contributed by atoms with Crippen molar-refractivity contribution in [2.75, 3.05) is 12.4 Å². The molecule has 1 aromatic carbocycles. The third-order valence-electron chi connectivity index (χ3n) is 3.30. The number of aromatic carboxylic acids is 1. The molecule has 0 bridgehead atoms. The smallest absolute Gasteiger partial charge is 0.339 e. The Morgan fingerprint density at radius 3 is 2.45 bits per heavy atom. The fraction of sp³-hybridized carbons (Fsp3) is 0.200. The Balaban J connectivity index is 2.35.